The van der Waals surface area contributed by atoms with E-state index in [-0.39, 0.29) is 0 Å². The van der Waals surface area contributed by atoms with E-state index >= 15 is 0 Å². The largest absolute Gasteiger partial charge is 0.398 e. The van der Waals surface area contributed by atoms with Crippen LogP contribution in [0.15, 0.2) is 18.2 Å². The molecule has 0 aromatic heterocycles. The van der Waals surface area contributed by atoms with Gasteiger partial charge in [0.2, 0.25) is 0 Å². The molecule has 1 aromatic carbocycles. The first-order chi connectivity index (χ1) is 8.58. The first-order valence-corrected chi connectivity index (χ1v) is 6.89. The highest BCUT2D eigenvalue weighted by atomic mass is 16.3. The number of nitrogen functional groups attached to an aromatic ring is 1. The van der Waals surface area contributed by atoms with E-state index < -0.39 is 5.60 Å². The number of nitrogens with zero attached hydrogens (tertiary/aromatic N) is 1. The molecule has 0 unspecified atom stereocenters. The average Bonchev–Trinajstić information content (AvgIpc) is 2.39. The summed E-state index contributed by atoms with van der Waals surface area (Å²) in [7, 11) is 0. The van der Waals surface area contributed by atoms with Gasteiger partial charge >= 0.3 is 0 Å². The van der Waals surface area contributed by atoms with Gasteiger partial charge in [-0.3, -0.25) is 4.90 Å². The molecule has 0 fully saturated rings. The molecule has 3 N–H and O–H groups in total. The van der Waals surface area contributed by atoms with Crippen molar-refractivity contribution in [2.24, 2.45) is 0 Å². The third-order valence-electron chi connectivity index (χ3n) is 4.22. The smallest absolute Gasteiger partial charge is 0.0769 e. The van der Waals surface area contributed by atoms with Crippen molar-refractivity contribution >= 4 is 5.69 Å². The fraction of sp³-hybridized carbons (Fsp3) is 0.600. The number of fused-ring (bicyclic) bond motifs is 1. The lowest BCUT2D eigenvalue weighted by Gasteiger charge is -2.36. The minimum Gasteiger partial charge on any atom is -0.398 e. The van der Waals surface area contributed by atoms with Gasteiger partial charge in [0, 0.05) is 25.3 Å². The molecular weight excluding hydrogens is 224 g/mol. The molecule has 1 aliphatic heterocycles. The first kappa shape index (κ1) is 13.4. The van der Waals surface area contributed by atoms with Crippen LogP contribution >= 0.6 is 0 Å². The van der Waals surface area contributed by atoms with E-state index in [1.807, 2.05) is 12.1 Å². The molecule has 0 saturated heterocycles. The Morgan fingerprint density at radius 3 is 2.72 bits per heavy atom. The van der Waals surface area contributed by atoms with E-state index in [9.17, 15) is 5.11 Å². The second-order valence-electron chi connectivity index (χ2n) is 5.38. The van der Waals surface area contributed by atoms with Gasteiger partial charge in [-0.15, -0.1) is 0 Å². The number of benzene rings is 1. The monoisotopic (exact) mass is 248 g/mol. The molecule has 1 heterocycles. The van der Waals surface area contributed by atoms with Gasteiger partial charge in [0.05, 0.1) is 5.60 Å². The second kappa shape index (κ2) is 5.29. The molecule has 3 nitrogen and oxygen atoms in total. The topological polar surface area (TPSA) is 49.5 Å². The van der Waals surface area contributed by atoms with E-state index in [0.717, 1.165) is 44.6 Å². The molecule has 0 spiro atoms. The van der Waals surface area contributed by atoms with E-state index in [0.29, 0.717) is 0 Å². The normalized spacial score (nSPS) is 16.6. The van der Waals surface area contributed by atoms with Crippen LogP contribution in [0.3, 0.4) is 0 Å². The molecule has 3 heteroatoms. The minimum absolute atomic E-state index is 0.555. The Balaban J connectivity index is 2.10. The molecule has 0 radical (unpaired) electrons. The molecule has 18 heavy (non-hydrogen) atoms. The van der Waals surface area contributed by atoms with Crippen molar-refractivity contribution < 1.29 is 5.11 Å². The Kier molecular flexibility index (Phi) is 3.93. The fourth-order valence-corrected chi connectivity index (χ4v) is 2.69. The van der Waals surface area contributed by atoms with Crippen LogP contribution in [0.25, 0.3) is 0 Å². The van der Waals surface area contributed by atoms with Crippen molar-refractivity contribution in [3.63, 3.8) is 0 Å². The number of rotatable bonds is 4. The van der Waals surface area contributed by atoms with E-state index in [1.165, 1.54) is 11.1 Å². The van der Waals surface area contributed by atoms with Crippen LogP contribution in [-0.2, 0) is 13.0 Å². The number of hydrogen-bond donors (Lipinski definition) is 2. The van der Waals surface area contributed by atoms with Gasteiger partial charge < -0.3 is 10.8 Å². The van der Waals surface area contributed by atoms with E-state index in [1.54, 1.807) is 0 Å². The van der Waals surface area contributed by atoms with Crippen LogP contribution in [0, 0.1) is 0 Å². The molecule has 0 atom stereocenters. The van der Waals surface area contributed by atoms with E-state index in [2.05, 4.69) is 24.8 Å². The lowest BCUT2D eigenvalue weighted by molar-refractivity contribution is -0.00679. The summed E-state index contributed by atoms with van der Waals surface area (Å²) in [5, 5.41) is 10.4. The zero-order chi connectivity index (χ0) is 13.2. The second-order valence-corrected chi connectivity index (χ2v) is 5.38. The summed E-state index contributed by atoms with van der Waals surface area (Å²) in [4.78, 5) is 2.33. The zero-order valence-electron chi connectivity index (χ0n) is 11.4. The van der Waals surface area contributed by atoms with Gasteiger partial charge in [-0.25, -0.2) is 0 Å². The lowest BCUT2D eigenvalue weighted by atomic mass is 9.93. The first-order valence-electron chi connectivity index (χ1n) is 6.89. The van der Waals surface area contributed by atoms with Crippen LogP contribution in [0.1, 0.15) is 37.8 Å². The number of hydrogen-bond acceptors (Lipinski definition) is 3. The molecule has 0 bridgehead atoms. The maximum absolute atomic E-state index is 10.4. The van der Waals surface area contributed by atoms with Crippen molar-refractivity contribution in [3.8, 4) is 0 Å². The molecule has 1 aromatic rings. The predicted octanol–water partition coefficient (Wildman–Crippen LogP) is 2.18. The van der Waals surface area contributed by atoms with Crippen LogP contribution in [0.2, 0.25) is 0 Å². The van der Waals surface area contributed by atoms with Crippen LogP contribution in [0.4, 0.5) is 5.69 Å². The average molecular weight is 248 g/mol. The van der Waals surface area contributed by atoms with Gasteiger partial charge in [0.25, 0.3) is 0 Å². The van der Waals surface area contributed by atoms with Crippen molar-refractivity contribution in [2.75, 3.05) is 18.8 Å². The van der Waals surface area contributed by atoms with Gasteiger partial charge in [-0.1, -0.05) is 26.0 Å². The lowest BCUT2D eigenvalue weighted by Crippen LogP contribution is -2.44. The molecule has 0 aliphatic carbocycles. The summed E-state index contributed by atoms with van der Waals surface area (Å²) in [6, 6.07) is 6.15. The van der Waals surface area contributed by atoms with Gasteiger partial charge in [0.15, 0.2) is 0 Å². The van der Waals surface area contributed by atoms with Crippen molar-refractivity contribution in [1.29, 1.82) is 0 Å². The molecule has 0 saturated carbocycles. The Morgan fingerprint density at radius 2 is 2.06 bits per heavy atom. The summed E-state index contributed by atoms with van der Waals surface area (Å²) in [6.07, 6.45) is 2.64. The molecular formula is C15H24N2O. The highest BCUT2D eigenvalue weighted by molar-refractivity contribution is 5.51. The molecule has 2 rings (SSSR count). The van der Waals surface area contributed by atoms with E-state index in [4.69, 9.17) is 5.73 Å². The van der Waals surface area contributed by atoms with Crippen LogP contribution < -0.4 is 5.73 Å². The SMILES string of the molecule is CCC(O)(CC)CN1CCc2cccc(N)c2C1. The Labute approximate surface area is 110 Å². The highest BCUT2D eigenvalue weighted by Gasteiger charge is 2.28. The predicted molar refractivity (Wildman–Crippen MR) is 75.4 cm³/mol. The van der Waals surface area contributed by atoms with Gasteiger partial charge in [0.1, 0.15) is 0 Å². The van der Waals surface area contributed by atoms with Crippen molar-refractivity contribution in [3.05, 3.63) is 29.3 Å². The number of aliphatic hydroxyl groups is 1. The van der Waals surface area contributed by atoms with Gasteiger partial charge in [-0.05, 0) is 36.5 Å². The van der Waals surface area contributed by atoms with Crippen LogP contribution in [0.5, 0.6) is 0 Å². The standard InChI is InChI=1S/C15H24N2O/c1-3-15(18,4-2)11-17-9-8-12-6-5-7-14(16)13(12)10-17/h5-7,18H,3-4,8-11,16H2,1-2H3. The zero-order valence-corrected chi connectivity index (χ0v) is 11.4. The molecule has 100 valence electrons. The summed E-state index contributed by atoms with van der Waals surface area (Å²) < 4.78 is 0. The summed E-state index contributed by atoms with van der Waals surface area (Å²) >= 11 is 0. The third-order valence-corrected chi connectivity index (χ3v) is 4.22. The fourth-order valence-electron chi connectivity index (χ4n) is 2.69. The number of anilines is 1. The Hall–Kier alpha value is -1.06. The van der Waals surface area contributed by atoms with Crippen LogP contribution in [-0.4, -0.2) is 28.7 Å². The molecule has 0 amide bonds. The maximum atomic E-state index is 10.4. The van der Waals surface area contributed by atoms with Crippen molar-refractivity contribution in [2.45, 2.75) is 45.3 Å². The van der Waals surface area contributed by atoms with Gasteiger partial charge in [-0.2, -0.15) is 0 Å². The molecule has 1 aliphatic rings. The highest BCUT2D eigenvalue weighted by Crippen LogP contribution is 2.26. The summed E-state index contributed by atoms with van der Waals surface area (Å²) in [5.41, 5.74) is 8.98. The number of β-amino-alcohol motifs (C(OH)–C–C–N with tert-alkyl or cyclic N) is 1. The third kappa shape index (κ3) is 2.68. The Morgan fingerprint density at radius 1 is 1.33 bits per heavy atom. The minimum atomic E-state index is -0.555. The Bertz CT molecular complexity index is 413. The summed E-state index contributed by atoms with van der Waals surface area (Å²) in [6.45, 7) is 6.72. The quantitative estimate of drug-likeness (QED) is 0.803. The van der Waals surface area contributed by atoms with Crippen molar-refractivity contribution in [1.82, 2.24) is 4.90 Å². The number of nitrogens with two attached hydrogens (primary N) is 1. The maximum Gasteiger partial charge on any atom is 0.0769 e. The summed E-state index contributed by atoms with van der Waals surface area (Å²) in [5.74, 6) is 0.